The van der Waals surface area contributed by atoms with Crippen molar-refractivity contribution in [2.45, 2.75) is 46.3 Å². The average molecular weight is 273 g/mol. The van der Waals surface area contributed by atoms with Crippen molar-refractivity contribution in [2.24, 2.45) is 0 Å². The SMILES string of the molecule is CCCCn1cnc(-c2ccc(OC(C)C)cc2)c1N. The van der Waals surface area contributed by atoms with Crippen LogP contribution in [0.25, 0.3) is 11.3 Å². The Labute approximate surface area is 120 Å². The molecule has 0 aliphatic heterocycles. The lowest BCUT2D eigenvalue weighted by Crippen LogP contribution is -2.05. The van der Waals surface area contributed by atoms with E-state index in [2.05, 4.69) is 11.9 Å². The van der Waals surface area contributed by atoms with E-state index < -0.39 is 0 Å². The fourth-order valence-corrected chi connectivity index (χ4v) is 2.08. The Hall–Kier alpha value is -1.97. The van der Waals surface area contributed by atoms with E-state index in [1.165, 1.54) is 0 Å². The molecule has 0 atom stereocenters. The fourth-order valence-electron chi connectivity index (χ4n) is 2.08. The summed E-state index contributed by atoms with van der Waals surface area (Å²) in [5.74, 6) is 1.60. The molecule has 0 aliphatic carbocycles. The van der Waals surface area contributed by atoms with Crippen molar-refractivity contribution in [2.75, 3.05) is 5.73 Å². The molecule has 0 unspecified atom stereocenters. The molecule has 1 aromatic heterocycles. The van der Waals surface area contributed by atoms with Crippen molar-refractivity contribution in [3.63, 3.8) is 0 Å². The first-order valence-corrected chi connectivity index (χ1v) is 7.19. The van der Waals surface area contributed by atoms with Crippen LogP contribution >= 0.6 is 0 Å². The highest BCUT2D eigenvalue weighted by molar-refractivity contribution is 5.70. The summed E-state index contributed by atoms with van der Waals surface area (Å²) in [5, 5.41) is 0. The van der Waals surface area contributed by atoms with Gasteiger partial charge >= 0.3 is 0 Å². The number of hydrogen-bond acceptors (Lipinski definition) is 3. The van der Waals surface area contributed by atoms with Gasteiger partial charge in [0.2, 0.25) is 0 Å². The van der Waals surface area contributed by atoms with Gasteiger partial charge in [-0.25, -0.2) is 4.98 Å². The fraction of sp³-hybridized carbons (Fsp3) is 0.438. The maximum absolute atomic E-state index is 6.16. The van der Waals surface area contributed by atoms with Crippen molar-refractivity contribution in [3.05, 3.63) is 30.6 Å². The van der Waals surface area contributed by atoms with Gasteiger partial charge in [0.15, 0.2) is 0 Å². The van der Waals surface area contributed by atoms with Gasteiger partial charge in [0, 0.05) is 12.1 Å². The summed E-state index contributed by atoms with van der Waals surface area (Å²) in [4.78, 5) is 4.43. The van der Waals surface area contributed by atoms with E-state index in [9.17, 15) is 0 Å². The monoisotopic (exact) mass is 273 g/mol. The predicted molar refractivity (Wildman–Crippen MR) is 82.7 cm³/mol. The molecule has 0 radical (unpaired) electrons. The number of nitrogens with zero attached hydrogens (tertiary/aromatic N) is 2. The zero-order valence-electron chi connectivity index (χ0n) is 12.5. The van der Waals surface area contributed by atoms with Gasteiger partial charge in [0.05, 0.1) is 12.4 Å². The summed E-state index contributed by atoms with van der Waals surface area (Å²) in [6, 6.07) is 7.92. The summed E-state index contributed by atoms with van der Waals surface area (Å²) < 4.78 is 7.65. The van der Waals surface area contributed by atoms with Crippen molar-refractivity contribution in [1.82, 2.24) is 9.55 Å². The first kappa shape index (κ1) is 14.4. The number of unbranched alkanes of at least 4 members (excludes halogenated alkanes) is 1. The van der Waals surface area contributed by atoms with Gasteiger partial charge in [-0.05, 0) is 44.5 Å². The zero-order valence-corrected chi connectivity index (χ0v) is 12.5. The molecule has 20 heavy (non-hydrogen) atoms. The Morgan fingerprint density at radius 2 is 1.95 bits per heavy atom. The van der Waals surface area contributed by atoms with Crippen LogP contribution in [0.15, 0.2) is 30.6 Å². The van der Waals surface area contributed by atoms with Crippen LogP contribution in [0.3, 0.4) is 0 Å². The molecule has 1 aromatic carbocycles. The lowest BCUT2D eigenvalue weighted by atomic mass is 10.1. The van der Waals surface area contributed by atoms with Gasteiger partial charge < -0.3 is 15.0 Å². The molecule has 0 fully saturated rings. The van der Waals surface area contributed by atoms with Crippen molar-refractivity contribution in [1.29, 1.82) is 0 Å². The van der Waals surface area contributed by atoms with E-state index >= 15 is 0 Å². The van der Waals surface area contributed by atoms with Crippen LogP contribution in [0, 0.1) is 0 Å². The highest BCUT2D eigenvalue weighted by Gasteiger charge is 2.09. The Morgan fingerprint density at radius 3 is 2.55 bits per heavy atom. The van der Waals surface area contributed by atoms with E-state index in [1.54, 1.807) is 0 Å². The number of aryl methyl sites for hydroxylation is 1. The smallest absolute Gasteiger partial charge is 0.131 e. The topological polar surface area (TPSA) is 53.1 Å². The van der Waals surface area contributed by atoms with Crippen molar-refractivity contribution >= 4 is 5.82 Å². The molecule has 0 bridgehead atoms. The van der Waals surface area contributed by atoms with Gasteiger partial charge in [-0.1, -0.05) is 13.3 Å². The second-order valence-corrected chi connectivity index (χ2v) is 5.22. The van der Waals surface area contributed by atoms with E-state index in [4.69, 9.17) is 10.5 Å². The summed E-state index contributed by atoms with van der Waals surface area (Å²) in [5.41, 5.74) is 8.03. The third-order valence-corrected chi connectivity index (χ3v) is 3.13. The molecule has 2 rings (SSSR count). The largest absolute Gasteiger partial charge is 0.491 e. The minimum Gasteiger partial charge on any atom is -0.491 e. The highest BCUT2D eigenvalue weighted by atomic mass is 16.5. The van der Waals surface area contributed by atoms with E-state index in [1.807, 2.05) is 49.0 Å². The quantitative estimate of drug-likeness (QED) is 0.872. The average Bonchev–Trinajstić information content (AvgIpc) is 2.78. The zero-order chi connectivity index (χ0) is 14.5. The number of nitrogens with two attached hydrogens (primary N) is 1. The number of hydrogen-bond donors (Lipinski definition) is 1. The second kappa shape index (κ2) is 6.46. The van der Waals surface area contributed by atoms with E-state index in [-0.39, 0.29) is 6.10 Å². The first-order valence-electron chi connectivity index (χ1n) is 7.19. The molecule has 0 aliphatic rings. The standard InChI is InChI=1S/C16H23N3O/c1-4-5-10-19-11-18-15(16(19)17)13-6-8-14(9-7-13)20-12(2)3/h6-9,11-12H,4-5,10,17H2,1-3H3. The van der Waals surface area contributed by atoms with Crippen molar-refractivity contribution < 1.29 is 4.74 Å². The Kier molecular flexibility index (Phi) is 4.66. The Balaban J connectivity index is 2.17. The number of nitrogen functional groups attached to an aromatic ring is 1. The molecule has 0 saturated heterocycles. The molecule has 1 heterocycles. The summed E-state index contributed by atoms with van der Waals surface area (Å²) in [6.45, 7) is 7.12. The summed E-state index contributed by atoms with van der Waals surface area (Å²) in [6.07, 6.45) is 4.26. The van der Waals surface area contributed by atoms with Crippen LogP contribution in [-0.2, 0) is 6.54 Å². The molecular weight excluding hydrogens is 250 g/mol. The number of rotatable bonds is 6. The summed E-state index contributed by atoms with van der Waals surface area (Å²) >= 11 is 0. The third kappa shape index (κ3) is 3.32. The predicted octanol–water partition coefficient (Wildman–Crippen LogP) is 3.72. The summed E-state index contributed by atoms with van der Waals surface area (Å²) in [7, 11) is 0. The minimum absolute atomic E-state index is 0.180. The molecular formula is C16H23N3O. The van der Waals surface area contributed by atoms with Gasteiger partial charge in [-0.2, -0.15) is 0 Å². The Morgan fingerprint density at radius 1 is 1.25 bits per heavy atom. The van der Waals surface area contributed by atoms with Crippen molar-refractivity contribution in [3.8, 4) is 17.0 Å². The first-order chi connectivity index (χ1) is 9.61. The molecule has 2 N–H and O–H groups in total. The molecule has 2 aromatic rings. The molecule has 0 spiro atoms. The highest BCUT2D eigenvalue weighted by Crippen LogP contribution is 2.26. The lowest BCUT2D eigenvalue weighted by Gasteiger charge is -2.10. The molecule has 108 valence electrons. The van der Waals surface area contributed by atoms with Crippen LogP contribution in [0.4, 0.5) is 5.82 Å². The second-order valence-electron chi connectivity index (χ2n) is 5.22. The molecule has 4 nitrogen and oxygen atoms in total. The van der Waals surface area contributed by atoms with E-state index in [0.29, 0.717) is 0 Å². The normalized spacial score (nSPS) is 11.0. The maximum Gasteiger partial charge on any atom is 0.131 e. The van der Waals surface area contributed by atoms with Crippen LogP contribution in [-0.4, -0.2) is 15.7 Å². The van der Waals surface area contributed by atoms with Gasteiger partial charge in [0.1, 0.15) is 17.3 Å². The molecule has 0 amide bonds. The minimum atomic E-state index is 0.180. The van der Waals surface area contributed by atoms with Gasteiger partial charge in [0.25, 0.3) is 0 Å². The number of anilines is 1. The van der Waals surface area contributed by atoms with Crippen LogP contribution in [0.5, 0.6) is 5.75 Å². The number of aromatic nitrogens is 2. The molecule has 4 heteroatoms. The van der Waals surface area contributed by atoms with Gasteiger partial charge in [-0.3, -0.25) is 0 Å². The number of benzene rings is 1. The van der Waals surface area contributed by atoms with Crippen LogP contribution in [0.1, 0.15) is 33.6 Å². The Bertz CT molecular complexity index is 543. The number of ether oxygens (including phenoxy) is 1. The van der Waals surface area contributed by atoms with E-state index in [0.717, 1.165) is 42.2 Å². The van der Waals surface area contributed by atoms with Crippen LogP contribution in [0.2, 0.25) is 0 Å². The number of imidazole rings is 1. The van der Waals surface area contributed by atoms with Crippen LogP contribution < -0.4 is 10.5 Å². The van der Waals surface area contributed by atoms with Gasteiger partial charge in [-0.15, -0.1) is 0 Å². The molecule has 0 saturated carbocycles. The third-order valence-electron chi connectivity index (χ3n) is 3.13. The maximum atomic E-state index is 6.16. The lowest BCUT2D eigenvalue weighted by molar-refractivity contribution is 0.242.